The van der Waals surface area contributed by atoms with Crippen LogP contribution in [0.2, 0.25) is 0 Å². The molecule has 7 heteroatoms. The minimum absolute atomic E-state index is 0.0377. The number of amides is 1. The first kappa shape index (κ1) is 14.9. The Balaban J connectivity index is 2.64. The average Bonchev–Trinajstić information content (AvgIpc) is 2.33. The smallest absolute Gasteiger partial charge is 0.311 e. The molecule has 0 radical (unpaired) electrons. The highest BCUT2D eigenvalue weighted by Crippen LogP contribution is 2.21. The maximum atomic E-state index is 11.5. The lowest BCUT2D eigenvalue weighted by atomic mass is 10.2. The predicted octanol–water partition coefficient (Wildman–Crippen LogP) is 1.48. The van der Waals surface area contributed by atoms with Gasteiger partial charge in [-0.05, 0) is 18.9 Å². The number of aromatic nitrogens is 1. The predicted molar refractivity (Wildman–Crippen MR) is 72.0 cm³/mol. The van der Waals surface area contributed by atoms with Crippen molar-refractivity contribution in [3.05, 3.63) is 27.9 Å². The zero-order chi connectivity index (χ0) is 14.4. The topological polar surface area (TPSA) is 97.2 Å². The van der Waals surface area contributed by atoms with Gasteiger partial charge in [-0.25, -0.2) is 4.98 Å². The second-order valence-electron chi connectivity index (χ2n) is 4.63. The van der Waals surface area contributed by atoms with Crippen molar-refractivity contribution in [1.29, 1.82) is 0 Å². The first-order valence-electron chi connectivity index (χ1n) is 6.02. The van der Waals surface area contributed by atoms with Gasteiger partial charge in [0.05, 0.1) is 11.5 Å². The van der Waals surface area contributed by atoms with E-state index in [1.165, 1.54) is 6.07 Å². The van der Waals surface area contributed by atoms with Crippen molar-refractivity contribution in [2.45, 2.75) is 20.8 Å². The first-order chi connectivity index (χ1) is 8.90. The van der Waals surface area contributed by atoms with Crippen LogP contribution in [-0.4, -0.2) is 28.9 Å². The van der Waals surface area contributed by atoms with Crippen molar-refractivity contribution in [2.75, 3.05) is 18.4 Å². The first-order valence-corrected chi connectivity index (χ1v) is 6.02. The highest BCUT2D eigenvalue weighted by atomic mass is 16.6. The molecule has 19 heavy (non-hydrogen) atoms. The van der Waals surface area contributed by atoms with E-state index in [1.54, 1.807) is 13.0 Å². The van der Waals surface area contributed by atoms with Crippen molar-refractivity contribution in [2.24, 2.45) is 5.92 Å². The van der Waals surface area contributed by atoms with Crippen LogP contribution in [0.5, 0.6) is 0 Å². The van der Waals surface area contributed by atoms with Gasteiger partial charge in [-0.2, -0.15) is 0 Å². The van der Waals surface area contributed by atoms with Crippen LogP contribution in [0.15, 0.2) is 12.1 Å². The number of carbonyl (C=O) groups excluding carboxylic acids is 1. The van der Waals surface area contributed by atoms with Crippen molar-refractivity contribution in [3.8, 4) is 0 Å². The van der Waals surface area contributed by atoms with E-state index in [-0.39, 0.29) is 24.0 Å². The van der Waals surface area contributed by atoms with Crippen LogP contribution < -0.4 is 10.6 Å². The van der Waals surface area contributed by atoms with Gasteiger partial charge in [0, 0.05) is 18.3 Å². The zero-order valence-electron chi connectivity index (χ0n) is 11.3. The summed E-state index contributed by atoms with van der Waals surface area (Å²) in [4.78, 5) is 25.8. The Morgan fingerprint density at radius 2 is 2.16 bits per heavy atom. The molecule has 0 bridgehead atoms. The number of rotatable bonds is 6. The molecular weight excluding hydrogens is 248 g/mol. The van der Waals surface area contributed by atoms with Gasteiger partial charge in [-0.3, -0.25) is 14.9 Å². The lowest BCUT2D eigenvalue weighted by Gasteiger charge is -2.09. The fraction of sp³-hybridized carbons (Fsp3) is 0.500. The molecule has 104 valence electrons. The monoisotopic (exact) mass is 266 g/mol. The number of nitrogens with one attached hydrogen (secondary N) is 2. The highest BCUT2D eigenvalue weighted by Gasteiger charge is 2.15. The SMILES string of the molecule is Cc1ccc([N+](=O)[O-])c(NCC(=O)NCC(C)C)n1. The molecule has 0 aromatic carbocycles. The third-order valence-electron chi connectivity index (χ3n) is 2.33. The van der Waals surface area contributed by atoms with Crippen molar-refractivity contribution in [3.63, 3.8) is 0 Å². The molecule has 0 aliphatic carbocycles. The van der Waals surface area contributed by atoms with Crippen LogP contribution in [0.25, 0.3) is 0 Å². The summed E-state index contributed by atoms with van der Waals surface area (Å²) in [6.45, 7) is 6.24. The van der Waals surface area contributed by atoms with Crippen LogP contribution >= 0.6 is 0 Å². The van der Waals surface area contributed by atoms with Gasteiger partial charge >= 0.3 is 5.69 Å². The Labute approximate surface area is 111 Å². The van der Waals surface area contributed by atoms with E-state index >= 15 is 0 Å². The molecule has 0 unspecified atom stereocenters. The number of aryl methyl sites for hydroxylation is 1. The van der Waals surface area contributed by atoms with E-state index in [4.69, 9.17) is 0 Å². The Bertz CT molecular complexity index is 474. The molecule has 7 nitrogen and oxygen atoms in total. The number of carbonyl (C=O) groups is 1. The maximum absolute atomic E-state index is 11.5. The maximum Gasteiger partial charge on any atom is 0.311 e. The zero-order valence-corrected chi connectivity index (χ0v) is 11.3. The summed E-state index contributed by atoms with van der Waals surface area (Å²) in [5, 5.41) is 16.2. The van der Waals surface area contributed by atoms with Gasteiger partial charge < -0.3 is 10.6 Å². The Kier molecular flexibility index (Phi) is 5.23. The summed E-state index contributed by atoms with van der Waals surface area (Å²) in [6.07, 6.45) is 0. The lowest BCUT2D eigenvalue weighted by molar-refractivity contribution is -0.384. The summed E-state index contributed by atoms with van der Waals surface area (Å²) < 4.78 is 0. The summed E-state index contributed by atoms with van der Waals surface area (Å²) in [5.41, 5.74) is 0.512. The number of nitrogens with zero attached hydrogens (tertiary/aromatic N) is 2. The third kappa shape index (κ3) is 4.90. The number of anilines is 1. The highest BCUT2D eigenvalue weighted by molar-refractivity contribution is 5.81. The average molecular weight is 266 g/mol. The summed E-state index contributed by atoms with van der Waals surface area (Å²) in [7, 11) is 0. The molecule has 1 amide bonds. The summed E-state index contributed by atoms with van der Waals surface area (Å²) >= 11 is 0. The van der Waals surface area contributed by atoms with Gasteiger partial charge in [0.1, 0.15) is 0 Å². The number of hydrogen-bond donors (Lipinski definition) is 2. The van der Waals surface area contributed by atoms with E-state index < -0.39 is 4.92 Å². The lowest BCUT2D eigenvalue weighted by Crippen LogP contribution is -2.32. The van der Waals surface area contributed by atoms with E-state index in [9.17, 15) is 14.9 Å². The molecule has 0 saturated carbocycles. The minimum atomic E-state index is -0.527. The molecule has 0 aliphatic heterocycles. The van der Waals surface area contributed by atoms with Crippen LogP contribution in [0, 0.1) is 23.0 Å². The molecule has 1 rings (SSSR count). The van der Waals surface area contributed by atoms with Crippen molar-refractivity contribution in [1.82, 2.24) is 10.3 Å². The van der Waals surface area contributed by atoms with E-state index in [0.29, 0.717) is 18.2 Å². The van der Waals surface area contributed by atoms with E-state index in [1.807, 2.05) is 13.8 Å². The molecule has 1 heterocycles. The van der Waals surface area contributed by atoms with Crippen LogP contribution in [-0.2, 0) is 4.79 Å². The Morgan fingerprint density at radius 1 is 1.47 bits per heavy atom. The number of nitro groups is 1. The summed E-state index contributed by atoms with van der Waals surface area (Å²) in [6, 6.07) is 2.93. The molecule has 0 atom stereocenters. The molecule has 0 saturated heterocycles. The van der Waals surface area contributed by atoms with E-state index in [0.717, 1.165) is 0 Å². The molecule has 0 aliphatic rings. The molecule has 2 N–H and O–H groups in total. The molecule has 1 aromatic heterocycles. The van der Waals surface area contributed by atoms with Crippen molar-refractivity contribution < 1.29 is 9.72 Å². The Morgan fingerprint density at radius 3 is 2.74 bits per heavy atom. The van der Waals surface area contributed by atoms with E-state index in [2.05, 4.69) is 15.6 Å². The standard InChI is InChI=1S/C12H18N4O3/c1-8(2)6-13-11(17)7-14-12-10(16(18)19)5-4-9(3)15-12/h4-5,8H,6-7H2,1-3H3,(H,13,17)(H,14,15). The second kappa shape index (κ2) is 6.67. The molecule has 0 spiro atoms. The quantitative estimate of drug-likeness (QED) is 0.600. The second-order valence-corrected chi connectivity index (χ2v) is 4.63. The fourth-order valence-corrected chi connectivity index (χ4v) is 1.37. The van der Waals surface area contributed by atoms with Crippen LogP contribution in [0.1, 0.15) is 19.5 Å². The minimum Gasteiger partial charge on any atom is -0.355 e. The van der Waals surface area contributed by atoms with Gasteiger partial charge in [-0.1, -0.05) is 13.8 Å². The van der Waals surface area contributed by atoms with Crippen molar-refractivity contribution >= 4 is 17.4 Å². The fourth-order valence-electron chi connectivity index (χ4n) is 1.37. The normalized spacial score (nSPS) is 10.3. The Hall–Kier alpha value is -2.18. The van der Waals surface area contributed by atoms with Gasteiger partial charge in [0.15, 0.2) is 0 Å². The molecule has 0 fully saturated rings. The van der Waals surface area contributed by atoms with Gasteiger partial charge in [-0.15, -0.1) is 0 Å². The third-order valence-corrected chi connectivity index (χ3v) is 2.33. The van der Waals surface area contributed by atoms with Gasteiger partial charge in [0.25, 0.3) is 0 Å². The number of hydrogen-bond acceptors (Lipinski definition) is 5. The molecule has 1 aromatic rings. The summed E-state index contributed by atoms with van der Waals surface area (Å²) in [5.74, 6) is 0.256. The van der Waals surface area contributed by atoms with Crippen LogP contribution in [0.4, 0.5) is 11.5 Å². The largest absolute Gasteiger partial charge is 0.355 e. The number of pyridine rings is 1. The van der Waals surface area contributed by atoms with Crippen LogP contribution in [0.3, 0.4) is 0 Å². The molecular formula is C12H18N4O3. The van der Waals surface area contributed by atoms with Gasteiger partial charge in [0.2, 0.25) is 11.7 Å².